The second-order valence-corrected chi connectivity index (χ2v) is 3.76. The standard InChI is InChI=1S/C8H14Cl2O/c1-3-5-6-8(10,4-2)7(9)11/h3-6H2,1-2H3. The zero-order valence-corrected chi connectivity index (χ0v) is 8.50. The molecule has 0 aliphatic carbocycles. The maximum absolute atomic E-state index is 10.8. The second kappa shape index (κ2) is 5.00. The van der Waals surface area contributed by atoms with E-state index >= 15 is 0 Å². The quantitative estimate of drug-likeness (QED) is 0.488. The molecule has 0 aromatic heterocycles. The van der Waals surface area contributed by atoms with Crippen LogP contribution in [0.4, 0.5) is 0 Å². The molecule has 0 aliphatic heterocycles. The Morgan fingerprint density at radius 1 is 1.45 bits per heavy atom. The summed E-state index contributed by atoms with van der Waals surface area (Å²) < 4.78 is 0. The molecule has 0 aliphatic rings. The summed E-state index contributed by atoms with van der Waals surface area (Å²) in [6.07, 6.45) is 3.29. The van der Waals surface area contributed by atoms with E-state index in [1.165, 1.54) is 0 Å². The number of carbonyl (C=O) groups is 1. The van der Waals surface area contributed by atoms with Gasteiger partial charge in [0.2, 0.25) is 5.24 Å². The van der Waals surface area contributed by atoms with Crippen LogP contribution in [0.15, 0.2) is 0 Å². The highest BCUT2D eigenvalue weighted by molar-refractivity contribution is 6.70. The molecule has 0 radical (unpaired) electrons. The smallest absolute Gasteiger partial charge is 0.242 e. The van der Waals surface area contributed by atoms with Crippen LogP contribution in [0.25, 0.3) is 0 Å². The highest BCUT2D eigenvalue weighted by atomic mass is 35.5. The normalized spacial score (nSPS) is 16.0. The Labute approximate surface area is 78.1 Å². The monoisotopic (exact) mass is 196 g/mol. The van der Waals surface area contributed by atoms with Gasteiger partial charge in [0.05, 0.1) is 0 Å². The van der Waals surface area contributed by atoms with Crippen LogP contribution in [0.1, 0.15) is 39.5 Å². The minimum Gasteiger partial charge on any atom is -0.279 e. The summed E-state index contributed by atoms with van der Waals surface area (Å²) in [5, 5.41) is -0.421. The topological polar surface area (TPSA) is 17.1 Å². The number of hydrogen-bond donors (Lipinski definition) is 0. The molecule has 0 aromatic rings. The lowest BCUT2D eigenvalue weighted by Crippen LogP contribution is -2.27. The van der Waals surface area contributed by atoms with Gasteiger partial charge in [-0.3, -0.25) is 4.79 Å². The predicted molar refractivity (Wildman–Crippen MR) is 49.3 cm³/mol. The van der Waals surface area contributed by atoms with Crippen molar-refractivity contribution in [3.8, 4) is 0 Å². The first-order chi connectivity index (χ1) is 5.06. The summed E-state index contributed by atoms with van der Waals surface area (Å²) in [7, 11) is 0. The number of alkyl halides is 1. The molecular formula is C8H14Cl2O. The maximum Gasteiger partial charge on any atom is 0.242 e. The Morgan fingerprint density at radius 2 is 2.00 bits per heavy atom. The third kappa shape index (κ3) is 3.44. The molecular weight excluding hydrogens is 183 g/mol. The van der Waals surface area contributed by atoms with E-state index < -0.39 is 10.1 Å². The molecule has 0 saturated carbocycles. The van der Waals surface area contributed by atoms with E-state index in [1.54, 1.807) is 0 Å². The Hall–Kier alpha value is 0.250. The van der Waals surface area contributed by atoms with Crippen LogP contribution in [0.2, 0.25) is 0 Å². The number of halogens is 2. The van der Waals surface area contributed by atoms with E-state index in [0.717, 1.165) is 12.8 Å². The van der Waals surface area contributed by atoms with Crippen molar-refractivity contribution in [2.75, 3.05) is 0 Å². The van der Waals surface area contributed by atoms with Crippen molar-refractivity contribution < 1.29 is 4.79 Å². The van der Waals surface area contributed by atoms with Crippen LogP contribution in [0, 0.1) is 0 Å². The largest absolute Gasteiger partial charge is 0.279 e. The lowest BCUT2D eigenvalue weighted by Gasteiger charge is -2.19. The fraction of sp³-hybridized carbons (Fsp3) is 0.875. The highest BCUT2D eigenvalue weighted by Crippen LogP contribution is 2.28. The SMILES string of the molecule is CCCCC(Cl)(CC)C(=O)Cl. The van der Waals surface area contributed by atoms with E-state index in [9.17, 15) is 4.79 Å². The van der Waals surface area contributed by atoms with Gasteiger partial charge in [0.15, 0.2) is 0 Å². The molecule has 1 atom stereocenters. The van der Waals surface area contributed by atoms with Gasteiger partial charge in [-0.05, 0) is 24.4 Å². The van der Waals surface area contributed by atoms with Crippen molar-refractivity contribution in [2.24, 2.45) is 0 Å². The van der Waals surface area contributed by atoms with Gasteiger partial charge in [0.1, 0.15) is 4.87 Å². The Balaban J connectivity index is 3.99. The molecule has 0 N–H and O–H groups in total. The van der Waals surface area contributed by atoms with Crippen LogP contribution >= 0.6 is 23.2 Å². The van der Waals surface area contributed by atoms with Gasteiger partial charge >= 0.3 is 0 Å². The Kier molecular flexibility index (Phi) is 5.11. The average molecular weight is 197 g/mol. The first-order valence-corrected chi connectivity index (χ1v) is 4.71. The fourth-order valence-corrected chi connectivity index (χ4v) is 1.23. The Bertz CT molecular complexity index is 136. The number of rotatable bonds is 5. The zero-order valence-electron chi connectivity index (χ0n) is 6.99. The number of carbonyl (C=O) groups excluding carboxylic acids is 1. The van der Waals surface area contributed by atoms with E-state index in [1.807, 2.05) is 6.92 Å². The van der Waals surface area contributed by atoms with Gasteiger partial charge in [0, 0.05) is 0 Å². The van der Waals surface area contributed by atoms with Crippen molar-refractivity contribution in [2.45, 2.75) is 44.4 Å². The van der Waals surface area contributed by atoms with E-state index in [2.05, 4.69) is 6.92 Å². The summed E-state index contributed by atoms with van der Waals surface area (Å²) in [6.45, 7) is 3.94. The predicted octanol–water partition coefficient (Wildman–Crippen LogP) is 3.33. The molecule has 0 amide bonds. The third-order valence-electron chi connectivity index (χ3n) is 1.84. The second-order valence-electron chi connectivity index (χ2n) is 2.70. The highest BCUT2D eigenvalue weighted by Gasteiger charge is 2.31. The summed E-state index contributed by atoms with van der Waals surface area (Å²) in [4.78, 5) is 10.0. The van der Waals surface area contributed by atoms with Gasteiger partial charge in [-0.2, -0.15) is 0 Å². The summed E-state index contributed by atoms with van der Waals surface area (Å²) in [6, 6.07) is 0. The lowest BCUT2D eigenvalue weighted by atomic mass is 10.00. The van der Waals surface area contributed by atoms with Crippen LogP contribution < -0.4 is 0 Å². The van der Waals surface area contributed by atoms with E-state index in [0.29, 0.717) is 12.8 Å². The summed E-state index contributed by atoms with van der Waals surface area (Å²) in [5.74, 6) is 0. The molecule has 66 valence electrons. The van der Waals surface area contributed by atoms with Crippen molar-refractivity contribution in [3.05, 3.63) is 0 Å². The Morgan fingerprint density at radius 3 is 2.27 bits per heavy atom. The molecule has 0 saturated heterocycles. The van der Waals surface area contributed by atoms with Crippen molar-refractivity contribution >= 4 is 28.4 Å². The number of unbranched alkanes of at least 4 members (excludes halogenated alkanes) is 1. The maximum atomic E-state index is 10.8. The van der Waals surface area contributed by atoms with Crippen LogP contribution in [0.3, 0.4) is 0 Å². The molecule has 3 heteroatoms. The van der Waals surface area contributed by atoms with Crippen molar-refractivity contribution in [1.29, 1.82) is 0 Å². The average Bonchev–Trinajstić information content (AvgIpc) is 2.00. The minimum atomic E-state index is -0.808. The zero-order chi connectivity index (χ0) is 8.91. The van der Waals surface area contributed by atoms with Crippen LogP contribution in [-0.4, -0.2) is 10.1 Å². The molecule has 0 fully saturated rings. The fourth-order valence-electron chi connectivity index (χ4n) is 0.871. The van der Waals surface area contributed by atoms with Gasteiger partial charge in [-0.1, -0.05) is 26.7 Å². The molecule has 0 aromatic carbocycles. The summed E-state index contributed by atoms with van der Waals surface area (Å²) in [5.41, 5.74) is 0. The summed E-state index contributed by atoms with van der Waals surface area (Å²) >= 11 is 11.3. The third-order valence-corrected chi connectivity index (χ3v) is 2.93. The van der Waals surface area contributed by atoms with E-state index in [-0.39, 0.29) is 0 Å². The van der Waals surface area contributed by atoms with E-state index in [4.69, 9.17) is 23.2 Å². The van der Waals surface area contributed by atoms with Gasteiger partial charge in [-0.25, -0.2) is 0 Å². The van der Waals surface area contributed by atoms with Crippen LogP contribution in [0.5, 0.6) is 0 Å². The lowest BCUT2D eigenvalue weighted by molar-refractivity contribution is -0.114. The first-order valence-electron chi connectivity index (χ1n) is 3.95. The number of hydrogen-bond acceptors (Lipinski definition) is 1. The molecule has 1 nitrogen and oxygen atoms in total. The molecule has 0 rings (SSSR count). The first kappa shape index (κ1) is 11.2. The molecule has 11 heavy (non-hydrogen) atoms. The van der Waals surface area contributed by atoms with Crippen molar-refractivity contribution in [1.82, 2.24) is 0 Å². The molecule has 0 spiro atoms. The minimum absolute atomic E-state index is 0.421. The molecule has 1 unspecified atom stereocenters. The van der Waals surface area contributed by atoms with Gasteiger partial charge in [-0.15, -0.1) is 11.6 Å². The van der Waals surface area contributed by atoms with Crippen LogP contribution in [-0.2, 0) is 4.79 Å². The molecule has 0 heterocycles. The van der Waals surface area contributed by atoms with Gasteiger partial charge in [0.25, 0.3) is 0 Å². The molecule has 0 bridgehead atoms. The van der Waals surface area contributed by atoms with Gasteiger partial charge < -0.3 is 0 Å². The van der Waals surface area contributed by atoms with Crippen molar-refractivity contribution in [3.63, 3.8) is 0 Å².